The Morgan fingerprint density at radius 1 is 1.40 bits per heavy atom. The number of aliphatic hydroxyl groups excluding tert-OH is 1. The lowest BCUT2D eigenvalue weighted by Crippen LogP contribution is -2.18. The summed E-state index contributed by atoms with van der Waals surface area (Å²) in [6.45, 7) is 0. The summed E-state index contributed by atoms with van der Waals surface area (Å²) < 4.78 is 0.331. The largest absolute Gasteiger partial charge is 0.392 e. The summed E-state index contributed by atoms with van der Waals surface area (Å²) >= 11 is 2.29. The van der Waals surface area contributed by atoms with Crippen molar-refractivity contribution in [3.05, 3.63) is 12.2 Å². The van der Waals surface area contributed by atoms with Crippen molar-refractivity contribution in [1.29, 1.82) is 0 Å². The van der Waals surface area contributed by atoms with Gasteiger partial charge in [-0.15, -0.1) is 0 Å². The van der Waals surface area contributed by atoms with Crippen molar-refractivity contribution in [1.82, 2.24) is 0 Å². The van der Waals surface area contributed by atoms with E-state index in [1.165, 1.54) is 19.3 Å². The van der Waals surface area contributed by atoms with E-state index in [2.05, 4.69) is 34.7 Å². The van der Waals surface area contributed by atoms with Crippen molar-refractivity contribution in [3.8, 4) is 0 Å². The Hall–Kier alpha value is 0.430. The van der Waals surface area contributed by atoms with E-state index in [-0.39, 0.29) is 6.10 Å². The fourth-order valence-corrected chi connectivity index (χ4v) is 1.78. The van der Waals surface area contributed by atoms with Crippen LogP contribution in [0.15, 0.2) is 12.2 Å². The minimum absolute atomic E-state index is 0.114. The van der Waals surface area contributed by atoms with Gasteiger partial charge < -0.3 is 5.11 Å². The maximum absolute atomic E-state index is 9.42. The first kappa shape index (κ1) is 8.53. The molecular weight excluding hydrogens is 239 g/mol. The van der Waals surface area contributed by atoms with E-state index in [1.807, 2.05) is 0 Å². The van der Waals surface area contributed by atoms with Crippen LogP contribution in [0.5, 0.6) is 0 Å². The quantitative estimate of drug-likeness (QED) is 0.398. The van der Waals surface area contributed by atoms with Gasteiger partial charge in [0, 0.05) is 0 Å². The van der Waals surface area contributed by atoms with Gasteiger partial charge in [0.25, 0.3) is 0 Å². The van der Waals surface area contributed by atoms with Gasteiger partial charge in [0.2, 0.25) is 0 Å². The van der Waals surface area contributed by atoms with Crippen LogP contribution >= 0.6 is 22.6 Å². The summed E-state index contributed by atoms with van der Waals surface area (Å²) in [5, 5.41) is 9.42. The van der Waals surface area contributed by atoms with Gasteiger partial charge in [-0.1, -0.05) is 41.2 Å². The Morgan fingerprint density at radius 3 is 3.00 bits per heavy atom. The average molecular weight is 252 g/mol. The monoisotopic (exact) mass is 252 g/mol. The lowest BCUT2D eigenvalue weighted by atomic mass is 10.0. The van der Waals surface area contributed by atoms with Crippen LogP contribution in [0.25, 0.3) is 0 Å². The predicted molar refractivity (Wildman–Crippen MR) is 51.4 cm³/mol. The molecule has 0 aliphatic heterocycles. The molecule has 1 aliphatic rings. The van der Waals surface area contributed by atoms with Gasteiger partial charge >= 0.3 is 0 Å². The topological polar surface area (TPSA) is 20.2 Å². The normalized spacial score (nSPS) is 38.2. The summed E-state index contributed by atoms with van der Waals surface area (Å²) in [6.07, 6.45) is 8.74. The SMILES string of the molecule is O[C@@H]1CCCC/C=C/C1I. The molecule has 0 spiro atoms. The fourth-order valence-electron chi connectivity index (χ4n) is 1.13. The summed E-state index contributed by atoms with van der Waals surface area (Å²) in [4.78, 5) is 0. The highest BCUT2D eigenvalue weighted by atomic mass is 127. The third-order valence-electron chi connectivity index (χ3n) is 1.81. The molecular formula is C8H13IO. The number of alkyl halides is 1. The van der Waals surface area contributed by atoms with Crippen LogP contribution < -0.4 is 0 Å². The van der Waals surface area contributed by atoms with E-state index in [4.69, 9.17) is 0 Å². The molecule has 1 N–H and O–H groups in total. The highest BCUT2D eigenvalue weighted by Crippen LogP contribution is 2.18. The zero-order valence-electron chi connectivity index (χ0n) is 5.96. The molecule has 0 aromatic heterocycles. The van der Waals surface area contributed by atoms with Gasteiger partial charge in [-0.3, -0.25) is 0 Å². The molecule has 1 unspecified atom stereocenters. The molecule has 0 heterocycles. The Labute approximate surface area is 75.7 Å². The van der Waals surface area contributed by atoms with Crippen molar-refractivity contribution in [2.75, 3.05) is 0 Å². The second-order valence-corrected chi connectivity index (χ2v) is 4.16. The zero-order chi connectivity index (χ0) is 7.40. The molecule has 1 aliphatic carbocycles. The fraction of sp³-hybridized carbons (Fsp3) is 0.750. The third kappa shape index (κ3) is 2.58. The molecule has 0 radical (unpaired) electrons. The summed E-state index contributed by atoms with van der Waals surface area (Å²) in [5.41, 5.74) is 0. The first-order valence-corrected chi connectivity index (χ1v) is 5.04. The number of hydrogen-bond acceptors (Lipinski definition) is 1. The maximum Gasteiger partial charge on any atom is 0.0692 e. The first-order chi connectivity index (χ1) is 4.80. The molecule has 10 heavy (non-hydrogen) atoms. The molecule has 0 bridgehead atoms. The van der Waals surface area contributed by atoms with Gasteiger partial charge in [-0.05, 0) is 19.3 Å². The Morgan fingerprint density at radius 2 is 2.20 bits per heavy atom. The van der Waals surface area contributed by atoms with E-state index < -0.39 is 0 Å². The molecule has 1 rings (SSSR count). The maximum atomic E-state index is 9.42. The highest BCUT2D eigenvalue weighted by Gasteiger charge is 2.13. The highest BCUT2D eigenvalue weighted by molar-refractivity contribution is 14.1. The second kappa shape index (κ2) is 4.34. The van der Waals surface area contributed by atoms with Crippen LogP contribution in [0.3, 0.4) is 0 Å². The van der Waals surface area contributed by atoms with Crippen LogP contribution in [0, 0.1) is 0 Å². The Kier molecular flexibility index (Phi) is 3.70. The number of halogens is 1. The predicted octanol–water partition coefficient (Wildman–Crippen LogP) is 2.28. The summed E-state index contributed by atoms with van der Waals surface area (Å²) in [7, 11) is 0. The average Bonchev–Trinajstić information content (AvgIpc) is 1.92. The van der Waals surface area contributed by atoms with E-state index in [9.17, 15) is 5.11 Å². The number of rotatable bonds is 0. The smallest absolute Gasteiger partial charge is 0.0692 e. The van der Waals surface area contributed by atoms with Crippen molar-refractivity contribution in [2.24, 2.45) is 0 Å². The molecule has 1 nitrogen and oxygen atoms in total. The zero-order valence-corrected chi connectivity index (χ0v) is 8.12. The molecule has 0 saturated carbocycles. The number of hydrogen-bond donors (Lipinski definition) is 1. The van der Waals surface area contributed by atoms with E-state index in [1.54, 1.807) is 0 Å². The standard InChI is InChI=1S/C8H13IO/c9-7-5-3-1-2-4-6-8(7)10/h3,5,7-8,10H,1-2,4,6H2/b5-3+/t7?,8-/m1/s1. The van der Waals surface area contributed by atoms with Gasteiger partial charge in [-0.25, -0.2) is 0 Å². The molecule has 0 aromatic rings. The Balaban J connectivity index is 2.44. The van der Waals surface area contributed by atoms with Crippen LogP contribution in [0.4, 0.5) is 0 Å². The van der Waals surface area contributed by atoms with Crippen LogP contribution in [-0.2, 0) is 0 Å². The Bertz CT molecular complexity index is 122. The summed E-state index contributed by atoms with van der Waals surface area (Å²) in [5.74, 6) is 0. The van der Waals surface area contributed by atoms with Crippen molar-refractivity contribution in [2.45, 2.75) is 35.7 Å². The summed E-state index contributed by atoms with van der Waals surface area (Å²) in [6, 6.07) is 0. The third-order valence-corrected chi connectivity index (χ3v) is 3.05. The van der Waals surface area contributed by atoms with E-state index in [0.717, 1.165) is 6.42 Å². The minimum atomic E-state index is -0.114. The lowest BCUT2D eigenvalue weighted by molar-refractivity contribution is 0.171. The van der Waals surface area contributed by atoms with Gasteiger partial charge in [-0.2, -0.15) is 0 Å². The van der Waals surface area contributed by atoms with Crippen molar-refractivity contribution in [3.63, 3.8) is 0 Å². The number of aliphatic hydroxyl groups is 1. The van der Waals surface area contributed by atoms with Gasteiger partial charge in [0.05, 0.1) is 10.0 Å². The van der Waals surface area contributed by atoms with Crippen LogP contribution in [0.2, 0.25) is 0 Å². The van der Waals surface area contributed by atoms with Crippen LogP contribution in [-0.4, -0.2) is 15.1 Å². The van der Waals surface area contributed by atoms with E-state index >= 15 is 0 Å². The van der Waals surface area contributed by atoms with Gasteiger partial charge in [0.15, 0.2) is 0 Å². The van der Waals surface area contributed by atoms with Crippen LogP contribution in [0.1, 0.15) is 25.7 Å². The van der Waals surface area contributed by atoms with Gasteiger partial charge in [0.1, 0.15) is 0 Å². The molecule has 0 amide bonds. The van der Waals surface area contributed by atoms with E-state index in [0.29, 0.717) is 3.92 Å². The molecule has 0 saturated heterocycles. The molecule has 0 fully saturated rings. The molecule has 2 atom stereocenters. The molecule has 0 aromatic carbocycles. The van der Waals surface area contributed by atoms with Crippen molar-refractivity contribution < 1.29 is 5.11 Å². The number of allylic oxidation sites excluding steroid dienone is 1. The lowest BCUT2D eigenvalue weighted by Gasteiger charge is -2.15. The first-order valence-electron chi connectivity index (χ1n) is 3.79. The molecule has 2 heteroatoms. The van der Waals surface area contributed by atoms with Crippen molar-refractivity contribution >= 4 is 22.6 Å². The second-order valence-electron chi connectivity index (χ2n) is 2.72. The molecule has 58 valence electrons. The minimum Gasteiger partial charge on any atom is -0.392 e.